The van der Waals surface area contributed by atoms with Gasteiger partial charge in [-0.2, -0.15) is 5.14 Å². The van der Waals surface area contributed by atoms with E-state index >= 15 is 0 Å². The Labute approximate surface area is 169 Å². The van der Waals surface area contributed by atoms with Crippen LogP contribution in [-0.2, 0) is 27.5 Å². The van der Waals surface area contributed by atoms with Crippen molar-refractivity contribution in [3.05, 3.63) is 71.8 Å². The second-order valence-electron chi connectivity index (χ2n) is 6.91. The van der Waals surface area contributed by atoms with Gasteiger partial charge in [0.05, 0.1) is 29.9 Å². The Bertz CT molecular complexity index is 929. The number of nitrogens with two attached hydrogens (primary N) is 1. The van der Waals surface area contributed by atoms with E-state index in [2.05, 4.69) is 0 Å². The second kappa shape index (κ2) is 9.03. The number of rotatable bonds is 8. The highest BCUT2D eigenvalue weighted by molar-refractivity contribution is 7.96. The fourth-order valence-corrected chi connectivity index (χ4v) is 6.05. The third-order valence-electron chi connectivity index (χ3n) is 4.70. The molecule has 2 aromatic carbocycles. The summed E-state index contributed by atoms with van der Waals surface area (Å²) in [6, 6.07) is 15.5. The molecule has 0 amide bonds. The van der Waals surface area contributed by atoms with Gasteiger partial charge in [0.1, 0.15) is 22.2 Å². The topological polar surface area (TPSA) is 78.6 Å². The molecule has 0 aliphatic carbocycles. The molecule has 3 unspecified atom stereocenters. The summed E-state index contributed by atoms with van der Waals surface area (Å²) in [5.74, 6) is 1.84. The highest BCUT2D eigenvalue weighted by Gasteiger charge is 2.39. The Morgan fingerprint density at radius 1 is 1.18 bits per heavy atom. The number of hydrogen-bond acceptors (Lipinski definition) is 5. The molecule has 2 aromatic rings. The standard InChI is InChI=1S/C21H26NO4S2/c1-25-19-11-10-17(13-20(19)26-14-16-7-4-3-5-8-16)18(15-28(2,23)24)21-9-6-12-27(21)22/h3-11,13,18,21H,12,14-15,22H2,1-2H3/q+1. The van der Waals surface area contributed by atoms with Crippen LogP contribution >= 0.6 is 0 Å². The largest absolute Gasteiger partial charge is 0.493 e. The summed E-state index contributed by atoms with van der Waals surface area (Å²) in [5, 5.41) is 6.28. The van der Waals surface area contributed by atoms with Crippen molar-refractivity contribution in [2.24, 2.45) is 5.14 Å². The van der Waals surface area contributed by atoms with Crippen LogP contribution in [-0.4, -0.2) is 38.5 Å². The summed E-state index contributed by atoms with van der Waals surface area (Å²) in [6.07, 6.45) is 5.36. The Hall–Kier alpha value is -1.96. The first-order valence-electron chi connectivity index (χ1n) is 9.00. The van der Waals surface area contributed by atoms with Crippen LogP contribution in [0.1, 0.15) is 17.0 Å². The third kappa shape index (κ3) is 5.31. The van der Waals surface area contributed by atoms with Crippen LogP contribution in [0.4, 0.5) is 0 Å². The molecule has 1 aliphatic heterocycles. The van der Waals surface area contributed by atoms with E-state index in [9.17, 15) is 8.42 Å². The fourth-order valence-electron chi connectivity index (χ4n) is 3.34. The predicted octanol–water partition coefficient (Wildman–Crippen LogP) is 2.83. The molecule has 0 spiro atoms. The first-order valence-corrected chi connectivity index (χ1v) is 12.6. The number of methoxy groups -OCH3 is 1. The first kappa shape index (κ1) is 20.8. The average molecular weight is 421 g/mol. The maximum Gasteiger partial charge on any atom is 0.163 e. The summed E-state index contributed by atoms with van der Waals surface area (Å²) < 4.78 is 35.6. The quantitative estimate of drug-likeness (QED) is 0.525. The molecular weight excluding hydrogens is 394 g/mol. The van der Waals surface area contributed by atoms with Crippen LogP contribution < -0.4 is 14.6 Å². The molecule has 0 aromatic heterocycles. The van der Waals surface area contributed by atoms with E-state index in [1.54, 1.807) is 7.11 Å². The molecule has 1 heterocycles. The Kier molecular flexibility index (Phi) is 6.69. The van der Waals surface area contributed by atoms with Gasteiger partial charge in [0, 0.05) is 6.26 Å². The van der Waals surface area contributed by atoms with Gasteiger partial charge < -0.3 is 9.47 Å². The highest BCUT2D eigenvalue weighted by atomic mass is 32.2. The molecule has 3 rings (SSSR count). The van der Waals surface area contributed by atoms with E-state index in [-0.39, 0.29) is 28.0 Å². The summed E-state index contributed by atoms with van der Waals surface area (Å²) in [7, 11) is -1.58. The van der Waals surface area contributed by atoms with Crippen molar-refractivity contribution in [1.82, 2.24) is 0 Å². The summed E-state index contributed by atoms with van der Waals surface area (Å²) >= 11 is -0.371. The van der Waals surface area contributed by atoms with Crippen molar-refractivity contribution < 1.29 is 17.9 Å². The SMILES string of the molecule is COc1ccc(C(CS(C)(=O)=O)C2C=CC[S+]2N)cc1OCc1ccccc1. The molecule has 0 fully saturated rings. The van der Waals surface area contributed by atoms with Crippen molar-refractivity contribution in [1.29, 1.82) is 0 Å². The van der Waals surface area contributed by atoms with Crippen LogP contribution in [0.3, 0.4) is 0 Å². The summed E-state index contributed by atoms with van der Waals surface area (Å²) in [6.45, 7) is 0.405. The Morgan fingerprint density at radius 3 is 2.54 bits per heavy atom. The molecule has 1 aliphatic rings. The summed E-state index contributed by atoms with van der Waals surface area (Å²) in [5.41, 5.74) is 1.94. The zero-order valence-electron chi connectivity index (χ0n) is 16.1. The van der Waals surface area contributed by atoms with Gasteiger partial charge >= 0.3 is 0 Å². The minimum absolute atomic E-state index is 0.00472. The minimum Gasteiger partial charge on any atom is -0.493 e. The van der Waals surface area contributed by atoms with Gasteiger partial charge in [-0.05, 0) is 35.4 Å². The molecule has 0 saturated carbocycles. The van der Waals surface area contributed by atoms with Crippen molar-refractivity contribution >= 4 is 20.9 Å². The van der Waals surface area contributed by atoms with E-state index in [1.807, 2.05) is 60.7 Å². The maximum absolute atomic E-state index is 12.1. The van der Waals surface area contributed by atoms with Crippen LogP contribution in [0.15, 0.2) is 60.7 Å². The maximum atomic E-state index is 12.1. The number of hydrogen-bond donors (Lipinski definition) is 1. The smallest absolute Gasteiger partial charge is 0.163 e. The van der Waals surface area contributed by atoms with E-state index in [0.29, 0.717) is 18.1 Å². The lowest BCUT2D eigenvalue weighted by atomic mass is 9.96. The zero-order valence-corrected chi connectivity index (χ0v) is 17.7. The van der Waals surface area contributed by atoms with E-state index in [0.717, 1.165) is 16.9 Å². The molecule has 0 saturated heterocycles. The lowest BCUT2D eigenvalue weighted by Crippen LogP contribution is -2.34. The Morgan fingerprint density at radius 2 is 1.93 bits per heavy atom. The first-order chi connectivity index (χ1) is 13.4. The Balaban J connectivity index is 1.90. The van der Waals surface area contributed by atoms with Gasteiger partial charge in [0.15, 0.2) is 16.7 Å². The molecule has 5 nitrogen and oxygen atoms in total. The third-order valence-corrected chi connectivity index (χ3v) is 7.42. The van der Waals surface area contributed by atoms with Gasteiger partial charge in [-0.25, -0.2) is 8.42 Å². The van der Waals surface area contributed by atoms with E-state index < -0.39 is 9.84 Å². The van der Waals surface area contributed by atoms with Gasteiger partial charge in [0.2, 0.25) is 0 Å². The van der Waals surface area contributed by atoms with Crippen LogP contribution in [0.5, 0.6) is 11.5 Å². The molecule has 7 heteroatoms. The average Bonchev–Trinajstić information content (AvgIpc) is 3.10. The van der Waals surface area contributed by atoms with Crippen molar-refractivity contribution in [2.75, 3.05) is 24.9 Å². The summed E-state index contributed by atoms with van der Waals surface area (Å²) in [4.78, 5) is 0. The molecular formula is C21H26NO4S2+. The van der Waals surface area contributed by atoms with Crippen LogP contribution in [0.2, 0.25) is 0 Å². The highest BCUT2D eigenvalue weighted by Crippen LogP contribution is 2.36. The van der Waals surface area contributed by atoms with Crippen molar-refractivity contribution in [3.8, 4) is 11.5 Å². The molecule has 0 bridgehead atoms. The van der Waals surface area contributed by atoms with Crippen LogP contribution in [0.25, 0.3) is 0 Å². The van der Waals surface area contributed by atoms with E-state index in [4.69, 9.17) is 14.6 Å². The molecule has 0 radical (unpaired) electrons. The van der Waals surface area contributed by atoms with Crippen molar-refractivity contribution in [3.63, 3.8) is 0 Å². The molecule has 28 heavy (non-hydrogen) atoms. The number of benzene rings is 2. The number of ether oxygens (including phenoxy) is 2. The number of sulfone groups is 1. The fraction of sp³-hybridized carbons (Fsp3) is 0.333. The molecule has 150 valence electrons. The van der Waals surface area contributed by atoms with Gasteiger partial charge in [-0.3, -0.25) is 0 Å². The zero-order chi connectivity index (χ0) is 20.1. The van der Waals surface area contributed by atoms with E-state index in [1.165, 1.54) is 6.26 Å². The van der Waals surface area contributed by atoms with Gasteiger partial charge in [-0.15, -0.1) is 0 Å². The van der Waals surface area contributed by atoms with Crippen molar-refractivity contribution in [2.45, 2.75) is 17.8 Å². The molecule has 3 atom stereocenters. The normalized spacial score (nSPS) is 20.1. The predicted molar refractivity (Wildman–Crippen MR) is 116 cm³/mol. The van der Waals surface area contributed by atoms with Gasteiger partial charge in [0.25, 0.3) is 0 Å². The lowest BCUT2D eigenvalue weighted by molar-refractivity contribution is 0.284. The monoisotopic (exact) mass is 420 g/mol. The van der Waals surface area contributed by atoms with Crippen LogP contribution in [0, 0.1) is 0 Å². The molecule has 2 N–H and O–H groups in total. The lowest BCUT2D eigenvalue weighted by Gasteiger charge is -2.21. The van der Waals surface area contributed by atoms with Gasteiger partial charge in [-0.1, -0.05) is 36.4 Å². The second-order valence-corrected chi connectivity index (χ2v) is 10.9. The minimum atomic E-state index is -3.17.